The van der Waals surface area contributed by atoms with Gasteiger partial charge in [0.05, 0.1) is 23.2 Å². The van der Waals surface area contributed by atoms with Gasteiger partial charge in [0.1, 0.15) is 11.5 Å². The number of hydrogen-bond acceptors (Lipinski definition) is 5. The van der Waals surface area contributed by atoms with Crippen molar-refractivity contribution in [1.29, 1.82) is 0 Å². The molecule has 1 heterocycles. The second kappa shape index (κ2) is 10.5. The van der Waals surface area contributed by atoms with Gasteiger partial charge in [0.2, 0.25) is 0 Å². The van der Waals surface area contributed by atoms with E-state index in [1.165, 1.54) is 4.90 Å². The van der Waals surface area contributed by atoms with Crippen LogP contribution in [-0.4, -0.2) is 60.4 Å². The molecule has 1 atom stereocenters. The van der Waals surface area contributed by atoms with Crippen molar-refractivity contribution in [2.24, 2.45) is 0 Å². The highest BCUT2D eigenvalue weighted by Gasteiger charge is 2.45. The number of likely N-dealkylation sites (tertiary alicyclic amines) is 1. The molecule has 3 rings (SSSR count). The molecule has 0 spiro atoms. The first kappa shape index (κ1) is 24.3. The lowest BCUT2D eigenvalue weighted by Gasteiger charge is -2.26. The number of ketones is 1. The molecule has 0 unspecified atom stereocenters. The number of amides is 1. The lowest BCUT2D eigenvalue weighted by Crippen LogP contribution is -2.32. The zero-order valence-electron chi connectivity index (χ0n) is 18.3. The number of rotatable bonds is 8. The summed E-state index contributed by atoms with van der Waals surface area (Å²) in [6.45, 7) is 3.46. The van der Waals surface area contributed by atoms with Crippen LogP contribution in [0.2, 0.25) is 5.02 Å². The molecule has 0 bridgehead atoms. The second-order valence-electron chi connectivity index (χ2n) is 7.78. The Hall–Kier alpha value is -2.35. The van der Waals surface area contributed by atoms with Crippen LogP contribution >= 0.6 is 27.5 Å². The third-order valence-electron chi connectivity index (χ3n) is 5.24. The second-order valence-corrected chi connectivity index (χ2v) is 9.10. The Morgan fingerprint density at radius 3 is 2.47 bits per heavy atom. The van der Waals surface area contributed by atoms with E-state index in [1.54, 1.807) is 18.2 Å². The van der Waals surface area contributed by atoms with Gasteiger partial charge in [-0.25, -0.2) is 0 Å². The Kier molecular flexibility index (Phi) is 7.98. The van der Waals surface area contributed by atoms with Gasteiger partial charge in [0, 0.05) is 16.6 Å². The van der Waals surface area contributed by atoms with Gasteiger partial charge in [-0.05, 0) is 69.9 Å². The summed E-state index contributed by atoms with van der Waals surface area (Å²) in [5.74, 6) is -1.09. The van der Waals surface area contributed by atoms with Crippen LogP contribution in [-0.2, 0) is 9.59 Å². The summed E-state index contributed by atoms with van der Waals surface area (Å²) < 4.78 is 6.33. The van der Waals surface area contributed by atoms with Crippen molar-refractivity contribution in [3.8, 4) is 5.75 Å². The van der Waals surface area contributed by atoms with Crippen LogP contribution in [0.4, 0.5) is 0 Å². The van der Waals surface area contributed by atoms with Crippen LogP contribution in [0.5, 0.6) is 5.75 Å². The molecule has 32 heavy (non-hydrogen) atoms. The summed E-state index contributed by atoms with van der Waals surface area (Å²) in [6, 6.07) is 11.5. The number of benzene rings is 2. The molecule has 6 nitrogen and oxygen atoms in total. The van der Waals surface area contributed by atoms with E-state index in [1.807, 2.05) is 50.2 Å². The molecule has 1 N–H and O–H groups in total. The zero-order chi connectivity index (χ0) is 23.4. The van der Waals surface area contributed by atoms with Crippen LogP contribution in [0.15, 0.2) is 52.5 Å². The van der Waals surface area contributed by atoms with Crippen LogP contribution in [0.1, 0.15) is 30.5 Å². The van der Waals surface area contributed by atoms with E-state index in [4.69, 9.17) is 16.3 Å². The van der Waals surface area contributed by atoms with Gasteiger partial charge in [0.25, 0.3) is 11.7 Å². The minimum absolute atomic E-state index is 0.0578. The van der Waals surface area contributed by atoms with E-state index >= 15 is 0 Å². The van der Waals surface area contributed by atoms with Crippen molar-refractivity contribution in [1.82, 2.24) is 9.80 Å². The third-order valence-corrected chi connectivity index (χ3v) is 6.06. The van der Waals surface area contributed by atoms with Gasteiger partial charge in [-0.1, -0.05) is 39.7 Å². The zero-order valence-corrected chi connectivity index (χ0v) is 20.6. The smallest absolute Gasteiger partial charge is 0.295 e. The number of aliphatic hydroxyl groups is 1. The number of carbonyl (C=O) groups excluding carboxylic acids is 2. The monoisotopic (exact) mass is 520 g/mol. The molecule has 170 valence electrons. The molecule has 0 radical (unpaired) electrons. The van der Waals surface area contributed by atoms with Crippen molar-refractivity contribution < 1.29 is 19.4 Å². The summed E-state index contributed by atoms with van der Waals surface area (Å²) in [5, 5.41) is 11.5. The van der Waals surface area contributed by atoms with E-state index in [0.717, 1.165) is 16.6 Å². The number of Topliss-reactive ketones (excluding diaryl/α,β-unsaturated/α-hetero) is 1. The average Bonchev–Trinajstić information content (AvgIpc) is 3.00. The molecule has 1 amide bonds. The fourth-order valence-corrected chi connectivity index (χ4v) is 4.24. The predicted molar refractivity (Wildman–Crippen MR) is 129 cm³/mol. The molecular weight excluding hydrogens is 496 g/mol. The van der Waals surface area contributed by atoms with Gasteiger partial charge in [0.15, 0.2) is 0 Å². The SMILES string of the molecule is CCOc1ccc(/C(O)=C2\C(=O)C(=O)N(CCCN(C)C)[C@H]2c2ccc(Br)cc2)cc1Cl. The van der Waals surface area contributed by atoms with E-state index in [2.05, 4.69) is 15.9 Å². The molecule has 1 aliphatic rings. The molecular formula is C24H26BrClN2O4. The van der Waals surface area contributed by atoms with Crippen molar-refractivity contribution >= 4 is 45.0 Å². The molecule has 2 aromatic rings. The van der Waals surface area contributed by atoms with Crippen molar-refractivity contribution in [2.75, 3.05) is 33.8 Å². The molecule has 0 aliphatic carbocycles. The van der Waals surface area contributed by atoms with Gasteiger partial charge in [-0.3, -0.25) is 9.59 Å². The first-order valence-electron chi connectivity index (χ1n) is 10.4. The van der Waals surface area contributed by atoms with Crippen molar-refractivity contribution in [3.63, 3.8) is 0 Å². The summed E-state index contributed by atoms with van der Waals surface area (Å²) in [6.07, 6.45) is 0.696. The average molecular weight is 522 g/mol. The number of aliphatic hydroxyl groups excluding tert-OH is 1. The van der Waals surface area contributed by atoms with E-state index in [0.29, 0.717) is 35.9 Å². The van der Waals surface area contributed by atoms with Gasteiger partial charge < -0.3 is 19.6 Å². The first-order valence-corrected chi connectivity index (χ1v) is 11.5. The van der Waals surface area contributed by atoms with Gasteiger partial charge >= 0.3 is 0 Å². The fourth-order valence-electron chi connectivity index (χ4n) is 3.74. The van der Waals surface area contributed by atoms with Gasteiger partial charge in [-0.2, -0.15) is 0 Å². The summed E-state index contributed by atoms with van der Waals surface area (Å²) in [7, 11) is 3.91. The van der Waals surface area contributed by atoms with Crippen LogP contribution in [0, 0.1) is 0 Å². The standard InChI is InChI=1S/C24H26BrClN2O4/c1-4-32-19-11-8-16(14-18(19)26)22(29)20-21(15-6-9-17(25)10-7-15)28(24(31)23(20)30)13-5-12-27(2)3/h6-11,14,21,29H,4-5,12-13H2,1-3H3/b22-20+/t21-/m0/s1. The number of halogens is 2. The molecule has 1 aliphatic heterocycles. The fraction of sp³-hybridized carbons (Fsp3) is 0.333. The minimum atomic E-state index is -0.703. The minimum Gasteiger partial charge on any atom is -0.507 e. The highest BCUT2D eigenvalue weighted by atomic mass is 79.9. The Balaban J connectivity index is 2.08. The lowest BCUT2D eigenvalue weighted by molar-refractivity contribution is -0.139. The van der Waals surface area contributed by atoms with Crippen molar-refractivity contribution in [3.05, 3.63) is 68.7 Å². The molecule has 0 saturated carbocycles. The summed E-state index contributed by atoms with van der Waals surface area (Å²) in [4.78, 5) is 29.6. The van der Waals surface area contributed by atoms with E-state index in [-0.39, 0.29) is 11.3 Å². The molecule has 8 heteroatoms. The maximum atomic E-state index is 13.0. The number of hydrogen-bond donors (Lipinski definition) is 1. The number of carbonyl (C=O) groups is 2. The Bertz CT molecular complexity index is 1040. The molecule has 1 saturated heterocycles. The molecule has 0 aromatic heterocycles. The highest BCUT2D eigenvalue weighted by molar-refractivity contribution is 9.10. The predicted octanol–water partition coefficient (Wildman–Crippen LogP) is 4.87. The first-order chi connectivity index (χ1) is 15.2. The Morgan fingerprint density at radius 1 is 1.19 bits per heavy atom. The Labute approximate surface area is 201 Å². The van der Waals surface area contributed by atoms with Crippen LogP contribution in [0.3, 0.4) is 0 Å². The molecule has 2 aromatic carbocycles. The number of nitrogens with zero attached hydrogens (tertiary/aromatic N) is 2. The van der Waals surface area contributed by atoms with E-state index < -0.39 is 17.7 Å². The lowest BCUT2D eigenvalue weighted by atomic mass is 9.95. The number of ether oxygens (including phenoxy) is 1. The highest BCUT2D eigenvalue weighted by Crippen LogP contribution is 2.40. The quantitative estimate of drug-likeness (QED) is 0.305. The van der Waals surface area contributed by atoms with Gasteiger partial charge in [-0.15, -0.1) is 0 Å². The van der Waals surface area contributed by atoms with Crippen LogP contribution in [0.25, 0.3) is 5.76 Å². The maximum Gasteiger partial charge on any atom is 0.295 e. The Morgan fingerprint density at radius 2 is 1.88 bits per heavy atom. The van der Waals surface area contributed by atoms with E-state index in [9.17, 15) is 14.7 Å². The third kappa shape index (κ3) is 5.17. The van der Waals surface area contributed by atoms with Crippen molar-refractivity contribution in [2.45, 2.75) is 19.4 Å². The maximum absolute atomic E-state index is 13.0. The largest absolute Gasteiger partial charge is 0.507 e. The topological polar surface area (TPSA) is 70.1 Å². The normalized spacial score (nSPS) is 17.9. The summed E-state index contributed by atoms with van der Waals surface area (Å²) >= 11 is 9.71. The summed E-state index contributed by atoms with van der Waals surface area (Å²) in [5.41, 5.74) is 1.16. The van der Waals surface area contributed by atoms with Crippen LogP contribution < -0.4 is 4.74 Å². The molecule has 1 fully saturated rings.